The molecule has 0 radical (unpaired) electrons. The van der Waals surface area contributed by atoms with Crippen molar-refractivity contribution in [2.24, 2.45) is 17.1 Å². The zero-order chi connectivity index (χ0) is 14.5. The largest absolute Gasteiger partial charge is 0.385 e. The molecular weight excluding hydrogens is 236 g/mol. The van der Waals surface area contributed by atoms with E-state index in [1.165, 1.54) is 25.7 Å². The van der Waals surface area contributed by atoms with Crippen LogP contribution in [0.3, 0.4) is 0 Å². The zero-order valence-electron chi connectivity index (χ0n) is 13.6. The molecule has 0 aromatic carbocycles. The van der Waals surface area contributed by atoms with Gasteiger partial charge >= 0.3 is 0 Å². The first kappa shape index (κ1) is 16.9. The number of hydrogen-bond acceptors (Lipinski definition) is 3. The normalized spacial score (nSPS) is 28.9. The molecule has 0 heterocycles. The third kappa shape index (κ3) is 4.73. The lowest BCUT2D eigenvalue weighted by atomic mass is 9.67. The van der Waals surface area contributed by atoms with E-state index in [1.54, 1.807) is 7.11 Å². The van der Waals surface area contributed by atoms with Gasteiger partial charge in [-0.1, -0.05) is 27.2 Å². The number of nitrogens with two attached hydrogens (primary N) is 1. The minimum absolute atomic E-state index is 0.344. The molecule has 0 aromatic rings. The number of methoxy groups -OCH3 is 1. The lowest BCUT2D eigenvalue weighted by Crippen LogP contribution is -2.51. The van der Waals surface area contributed by atoms with Crippen molar-refractivity contribution in [1.29, 1.82) is 0 Å². The van der Waals surface area contributed by atoms with E-state index < -0.39 is 0 Å². The van der Waals surface area contributed by atoms with Crippen molar-refractivity contribution in [1.82, 2.24) is 4.90 Å². The van der Waals surface area contributed by atoms with Gasteiger partial charge in [0.25, 0.3) is 0 Å². The van der Waals surface area contributed by atoms with Gasteiger partial charge in [0, 0.05) is 32.3 Å². The topological polar surface area (TPSA) is 38.5 Å². The molecular formula is C16H34N2O. The van der Waals surface area contributed by atoms with Crippen LogP contribution in [0.5, 0.6) is 0 Å². The molecule has 1 saturated carbocycles. The smallest absolute Gasteiger partial charge is 0.0474 e. The van der Waals surface area contributed by atoms with Crippen LogP contribution in [0.2, 0.25) is 0 Å². The van der Waals surface area contributed by atoms with Crippen LogP contribution in [-0.4, -0.2) is 44.3 Å². The van der Waals surface area contributed by atoms with Crippen LogP contribution in [0.25, 0.3) is 0 Å². The molecule has 0 aromatic heterocycles. The van der Waals surface area contributed by atoms with E-state index in [9.17, 15) is 0 Å². The van der Waals surface area contributed by atoms with Gasteiger partial charge in [-0.2, -0.15) is 0 Å². The molecule has 1 aliphatic carbocycles. The maximum Gasteiger partial charge on any atom is 0.0474 e. The Balaban J connectivity index is 2.55. The van der Waals surface area contributed by atoms with Crippen LogP contribution in [0.4, 0.5) is 0 Å². The fourth-order valence-corrected chi connectivity index (χ4v) is 3.30. The fraction of sp³-hybridized carbons (Fsp3) is 1.00. The van der Waals surface area contributed by atoms with Crippen molar-refractivity contribution in [3.63, 3.8) is 0 Å². The summed E-state index contributed by atoms with van der Waals surface area (Å²) in [7, 11) is 3.99. The second kappa shape index (κ2) is 7.61. The molecule has 0 bridgehead atoms. The average molecular weight is 270 g/mol. The molecule has 0 spiro atoms. The minimum Gasteiger partial charge on any atom is -0.385 e. The standard InChI is InChI=1S/C16H34N2O/c1-6-16(2,3)13-8-9-14(17)15(12-13)18(4)10-7-11-19-5/h13-15H,6-12,17H2,1-5H3. The van der Waals surface area contributed by atoms with Crippen molar-refractivity contribution in [3.8, 4) is 0 Å². The Hall–Kier alpha value is -0.120. The zero-order valence-corrected chi connectivity index (χ0v) is 13.6. The molecule has 3 unspecified atom stereocenters. The predicted octanol–water partition coefficient (Wildman–Crippen LogP) is 2.89. The maximum absolute atomic E-state index is 6.36. The highest BCUT2D eigenvalue weighted by Gasteiger charge is 2.37. The molecule has 19 heavy (non-hydrogen) atoms. The number of likely N-dealkylation sites (N-methyl/N-ethyl adjacent to an activating group) is 1. The van der Waals surface area contributed by atoms with Crippen molar-refractivity contribution in [2.45, 2.75) is 65.0 Å². The predicted molar refractivity (Wildman–Crippen MR) is 82.3 cm³/mol. The third-order valence-electron chi connectivity index (χ3n) is 5.31. The lowest BCUT2D eigenvalue weighted by molar-refractivity contribution is 0.0680. The van der Waals surface area contributed by atoms with Gasteiger partial charge in [-0.05, 0) is 44.1 Å². The second-order valence-electron chi connectivity index (χ2n) is 6.91. The second-order valence-corrected chi connectivity index (χ2v) is 6.91. The molecule has 0 aliphatic heterocycles. The molecule has 3 heteroatoms. The van der Waals surface area contributed by atoms with E-state index in [-0.39, 0.29) is 0 Å². The molecule has 0 amide bonds. The Morgan fingerprint density at radius 2 is 2.00 bits per heavy atom. The third-order valence-corrected chi connectivity index (χ3v) is 5.31. The van der Waals surface area contributed by atoms with E-state index in [2.05, 4.69) is 32.7 Å². The van der Waals surface area contributed by atoms with E-state index in [0.717, 1.165) is 25.5 Å². The first-order valence-electron chi connectivity index (χ1n) is 7.87. The van der Waals surface area contributed by atoms with Gasteiger partial charge in [-0.15, -0.1) is 0 Å². The van der Waals surface area contributed by atoms with Crippen LogP contribution < -0.4 is 5.73 Å². The first-order chi connectivity index (χ1) is 8.92. The minimum atomic E-state index is 0.344. The molecule has 1 aliphatic rings. The van der Waals surface area contributed by atoms with Gasteiger partial charge < -0.3 is 15.4 Å². The average Bonchev–Trinajstić information content (AvgIpc) is 2.39. The van der Waals surface area contributed by atoms with Crippen molar-refractivity contribution < 1.29 is 4.74 Å². The molecule has 1 fully saturated rings. The van der Waals surface area contributed by atoms with E-state index in [4.69, 9.17) is 10.5 Å². The summed E-state index contributed by atoms with van der Waals surface area (Å²) in [5.74, 6) is 0.812. The number of rotatable bonds is 7. The van der Waals surface area contributed by atoms with E-state index in [0.29, 0.717) is 17.5 Å². The maximum atomic E-state index is 6.36. The highest BCUT2D eigenvalue weighted by Crippen LogP contribution is 2.41. The summed E-state index contributed by atoms with van der Waals surface area (Å²) < 4.78 is 5.14. The van der Waals surface area contributed by atoms with Crippen LogP contribution in [0, 0.1) is 11.3 Å². The Kier molecular flexibility index (Phi) is 6.78. The Morgan fingerprint density at radius 1 is 1.32 bits per heavy atom. The van der Waals surface area contributed by atoms with Crippen LogP contribution >= 0.6 is 0 Å². The number of ether oxygens (including phenoxy) is 1. The summed E-state index contributed by atoms with van der Waals surface area (Å²) in [4.78, 5) is 2.46. The molecule has 1 rings (SSSR count). The molecule has 114 valence electrons. The van der Waals surface area contributed by atoms with E-state index in [1.807, 2.05) is 0 Å². The van der Waals surface area contributed by atoms with Crippen LogP contribution in [0.1, 0.15) is 52.9 Å². The van der Waals surface area contributed by atoms with Gasteiger partial charge in [0.1, 0.15) is 0 Å². The summed E-state index contributed by atoms with van der Waals surface area (Å²) in [6.45, 7) is 9.07. The Morgan fingerprint density at radius 3 is 2.58 bits per heavy atom. The number of hydrogen-bond donors (Lipinski definition) is 1. The summed E-state index contributed by atoms with van der Waals surface area (Å²) in [5.41, 5.74) is 6.81. The highest BCUT2D eigenvalue weighted by atomic mass is 16.5. The summed E-state index contributed by atoms with van der Waals surface area (Å²) >= 11 is 0. The van der Waals surface area contributed by atoms with Gasteiger partial charge in [-0.3, -0.25) is 0 Å². The van der Waals surface area contributed by atoms with E-state index >= 15 is 0 Å². The lowest BCUT2D eigenvalue weighted by Gasteiger charge is -2.45. The first-order valence-corrected chi connectivity index (χ1v) is 7.87. The van der Waals surface area contributed by atoms with Gasteiger partial charge in [0.05, 0.1) is 0 Å². The molecule has 3 atom stereocenters. The highest BCUT2D eigenvalue weighted by molar-refractivity contribution is 4.92. The molecule has 3 nitrogen and oxygen atoms in total. The SMILES string of the molecule is CCC(C)(C)C1CCC(N)C(N(C)CCCOC)C1. The van der Waals surface area contributed by atoms with Crippen LogP contribution in [-0.2, 0) is 4.74 Å². The quantitative estimate of drug-likeness (QED) is 0.723. The van der Waals surface area contributed by atoms with Gasteiger partial charge in [0.15, 0.2) is 0 Å². The fourth-order valence-electron chi connectivity index (χ4n) is 3.30. The summed E-state index contributed by atoms with van der Waals surface area (Å²) in [6.07, 6.45) is 6.08. The summed E-state index contributed by atoms with van der Waals surface area (Å²) in [5, 5.41) is 0. The van der Waals surface area contributed by atoms with Crippen molar-refractivity contribution >= 4 is 0 Å². The van der Waals surface area contributed by atoms with Gasteiger partial charge in [-0.25, -0.2) is 0 Å². The van der Waals surface area contributed by atoms with Gasteiger partial charge in [0.2, 0.25) is 0 Å². The molecule has 2 N–H and O–H groups in total. The van der Waals surface area contributed by atoms with Crippen molar-refractivity contribution in [2.75, 3.05) is 27.3 Å². The molecule has 0 saturated heterocycles. The summed E-state index contributed by atoms with van der Waals surface area (Å²) in [6, 6.07) is 0.887. The monoisotopic (exact) mass is 270 g/mol. The Bertz CT molecular complexity index is 255. The van der Waals surface area contributed by atoms with Crippen LogP contribution in [0.15, 0.2) is 0 Å². The van der Waals surface area contributed by atoms with Crippen molar-refractivity contribution in [3.05, 3.63) is 0 Å². The number of nitrogens with zero attached hydrogens (tertiary/aromatic N) is 1. The Labute approximate surface area is 119 Å².